The van der Waals surface area contributed by atoms with Crippen molar-refractivity contribution in [2.45, 2.75) is 31.7 Å². The molecule has 1 saturated carbocycles. The van der Waals surface area contributed by atoms with Gasteiger partial charge in [-0.15, -0.1) is 0 Å². The van der Waals surface area contributed by atoms with Crippen LogP contribution in [0.2, 0.25) is 0 Å². The van der Waals surface area contributed by atoms with E-state index >= 15 is 0 Å². The minimum absolute atomic E-state index is 0.0554. The van der Waals surface area contributed by atoms with E-state index in [9.17, 15) is 14.4 Å². The number of fused-ring (bicyclic) bond motifs is 1. The van der Waals surface area contributed by atoms with Crippen LogP contribution in [0.4, 0.5) is 5.69 Å². The number of ether oxygens (including phenoxy) is 1. The van der Waals surface area contributed by atoms with Crippen LogP contribution in [-0.2, 0) is 20.7 Å². The van der Waals surface area contributed by atoms with Gasteiger partial charge < -0.3 is 9.64 Å². The molecule has 0 atom stereocenters. The summed E-state index contributed by atoms with van der Waals surface area (Å²) in [6, 6.07) is 16.5. The Hall–Kier alpha value is -3.48. The smallest absolute Gasteiger partial charge is 0.306 e. The molecule has 0 aliphatic heterocycles. The predicted octanol–water partition coefficient (Wildman–Crippen LogP) is 2.87. The molecular weight excluding hydrogens is 382 g/mol. The first-order valence-electron chi connectivity index (χ1n) is 10.0. The fourth-order valence-corrected chi connectivity index (χ4v) is 3.40. The lowest BCUT2D eigenvalue weighted by Gasteiger charge is -2.17. The second kappa shape index (κ2) is 8.49. The SMILES string of the molecule is CN(C(=O)COC(=O)CCc1nc2ccccc2c(=O)n1C1CC1)c1ccccc1. The lowest BCUT2D eigenvalue weighted by atomic mass is 10.2. The molecular formula is C23H23N3O4. The number of aromatic nitrogens is 2. The van der Waals surface area contributed by atoms with Gasteiger partial charge in [0.1, 0.15) is 5.82 Å². The number of para-hydroxylation sites is 2. The highest BCUT2D eigenvalue weighted by Gasteiger charge is 2.28. The number of amides is 1. The van der Waals surface area contributed by atoms with E-state index in [0.717, 1.165) is 18.5 Å². The third-order valence-electron chi connectivity index (χ3n) is 5.22. The number of benzene rings is 2. The Morgan fingerprint density at radius 1 is 1.10 bits per heavy atom. The van der Waals surface area contributed by atoms with Crippen molar-refractivity contribution in [2.24, 2.45) is 0 Å². The van der Waals surface area contributed by atoms with E-state index in [1.54, 1.807) is 23.7 Å². The molecule has 30 heavy (non-hydrogen) atoms. The van der Waals surface area contributed by atoms with Crippen LogP contribution >= 0.6 is 0 Å². The molecule has 1 aliphatic rings. The largest absolute Gasteiger partial charge is 0.456 e. The minimum atomic E-state index is -0.491. The van der Waals surface area contributed by atoms with Gasteiger partial charge in [-0.3, -0.25) is 19.0 Å². The molecule has 1 amide bonds. The molecule has 1 fully saturated rings. The van der Waals surface area contributed by atoms with Gasteiger partial charge in [0.25, 0.3) is 11.5 Å². The van der Waals surface area contributed by atoms with Crippen LogP contribution in [0.1, 0.15) is 31.1 Å². The molecule has 1 aromatic heterocycles. The number of anilines is 1. The van der Waals surface area contributed by atoms with E-state index < -0.39 is 5.97 Å². The van der Waals surface area contributed by atoms with Crippen molar-refractivity contribution in [1.82, 2.24) is 9.55 Å². The zero-order valence-electron chi connectivity index (χ0n) is 16.8. The predicted molar refractivity (Wildman–Crippen MR) is 113 cm³/mol. The standard InChI is InChI=1S/C23H23N3O4/c1-25(16-7-3-2-4-8-16)21(27)15-30-22(28)14-13-20-24-19-10-6-5-9-18(19)23(29)26(20)17-11-12-17/h2-10,17H,11-15H2,1H3. The Bertz CT molecular complexity index is 1140. The van der Waals surface area contributed by atoms with Gasteiger partial charge in [-0.05, 0) is 37.1 Å². The summed E-state index contributed by atoms with van der Waals surface area (Å²) < 4.78 is 6.87. The van der Waals surface area contributed by atoms with Crippen LogP contribution in [0.15, 0.2) is 59.4 Å². The summed E-state index contributed by atoms with van der Waals surface area (Å²) in [6.07, 6.45) is 2.23. The molecule has 0 bridgehead atoms. The average Bonchev–Trinajstić information content (AvgIpc) is 3.61. The maximum Gasteiger partial charge on any atom is 0.306 e. The molecule has 0 spiro atoms. The first-order chi connectivity index (χ1) is 14.5. The zero-order valence-corrected chi connectivity index (χ0v) is 16.8. The van der Waals surface area contributed by atoms with E-state index in [2.05, 4.69) is 4.98 Å². The van der Waals surface area contributed by atoms with Crippen LogP contribution in [-0.4, -0.2) is 35.1 Å². The van der Waals surface area contributed by atoms with Crippen LogP contribution in [0, 0.1) is 0 Å². The molecule has 2 aromatic carbocycles. The molecule has 0 radical (unpaired) electrons. The lowest BCUT2D eigenvalue weighted by Crippen LogP contribution is -2.31. The molecule has 4 rings (SSSR count). The van der Waals surface area contributed by atoms with Crippen molar-refractivity contribution in [2.75, 3.05) is 18.6 Å². The van der Waals surface area contributed by atoms with E-state index in [4.69, 9.17) is 4.74 Å². The summed E-state index contributed by atoms with van der Waals surface area (Å²) in [6.45, 7) is -0.329. The van der Waals surface area contributed by atoms with Gasteiger partial charge in [0.2, 0.25) is 0 Å². The zero-order chi connectivity index (χ0) is 21.1. The number of esters is 1. The van der Waals surface area contributed by atoms with E-state index in [0.29, 0.717) is 16.7 Å². The number of carbonyl (C=O) groups is 2. The fourth-order valence-electron chi connectivity index (χ4n) is 3.40. The van der Waals surface area contributed by atoms with Gasteiger partial charge in [0, 0.05) is 25.2 Å². The maximum atomic E-state index is 12.9. The summed E-state index contributed by atoms with van der Waals surface area (Å²) in [5, 5.41) is 0.588. The number of likely N-dealkylation sites (N-methyl/N-ethyl adjacent to an activating group) is 1. The highest BCUT2D eigenvalue weighted by Crippen LogP contribution is 2.34. The van der Waals surface area contributed by atoms with Crippen molar-refractivity contribution in [3.8, 4) is 0 Å². The first kappa shape index (κ1) is 19.8. The molecule has 7 nitrogen and oxygen atoms in total. The Balaban J connectivity index is 1.39. The van der Waals surface area contributed by atoms with Crippen LogP contribution in [0.25, 0.3) is 10.9 Å². The van der Waals surface area contributed by atoms with Gasteiger partial charge in [0.15, 0.2) is 6.61 Å². The second-order valence-corrected chi connectivity index (χ2v) is 7.40. The summed E-state index contributed by atoms with van der Waals surface area (Å²) in [7, 11) is 1.64. The van der Waals surface area contributed by atoms with Crippen LogP contribution in [0.5, 0.6) is 0 Å². The Labute approximate surface area is 173 Å². The van der Waals surface area contributed by atoms with Crippen molar-refractivity contribution in [1.29, 1.82) is 0 Å². The van der Waals surface area contributed by atoms with Gasteiger partial charge >= 0.3 is 5.97 Å². The molecule has 1 heterocycles. The third kappa shape index (κ3) is 4.25. The molecule has 154 valence electrons. The summed E-state index contributed by atoms with van der Waals surface area (Å²) >= 11 is 0. The number of hydrogen-bond donors (Lipinski definition) is 0. The van der Waals surface area contributed by atoms with Gasteiger partial charge in [-0.1, -0.05) is 30.3 Å². The first-order valence-corrected chi connectivity index (χ1v) is 10.0. The maximum absolute atomic E-state index is 12.9. The third-order valence-corrected chi connectivity index (χ3v) is 5.22. The monoisotopic (exact) mass is 405 g/mol. The summed E-state index contributed by atoms with van der Waals surface area (Å²) in [5.74, 6) is -0.214. The second-order valence-electron chi connectivity index (χ2n) is 7.40. The van der Waals surface area contributed by atoms with Crippen molar-refractivity contribution >= 4 is 28.5 Å². The van der Waals surface area contributed by atoms with E-state index in [1.165, 1.54) is 4.90 Å². The highest BCUT2D eigenvalue weighted by atomic mass is 16.5. The normalized spacial score (nSPS) is 13.2. The molecule has 0 saturated heterocycles. The van der Waals surface area contributed by atoms with Crippen LogP contribution in [0.3, 0.4) is 0 Å². The number of carbonyl (C=O) groups excluding carboxylic acids is 2. The molecule has 0 unspecified atom stereocenters. The van der Waals surface area contributed by atoms with Crippen LogP contribution < -0.4 is 10.5 Å². The average molecular weight is 405 g/mol. The van der Waals surface area contributed by atoms with Crippen molar-refractivity contribution < 1.29 is 14.3 Å². The summed E-state index contributed by atoms with van der Waals surface area (Å²) in [4.78, 5) is 43.4. The Morgan fingerprint density at radius 3 is 2.53 bits per heavy atom. The Kier molecular flexibility index (Phi) is 5.61. The minimum Gasteiger partial charge on any atom is -0.456 e. The van der Waals surface area contributed by atoms with E-state index in [-0.39, 0.29) is 37.0 Å². The number of nitrogens with zero attached hydrogens (tertiary/aromatic N) is 3. The van der Waals surface area contributed by atoms with Crippen molar-refractivity contribution in [3.63, 3.8) is 0 Å². The van der Waals surface area contributed by atoms with Crippen molar-refractivity contribution in [3.05, 3.63) is 70.8 Å². The molecule has 0 N–H and O–H groups in total. The lowest BCUT2D eigenvalue weighted by molar-refractivity contribution is -0.147. The Morgan fingerprint density at radius 2 is 1.80 bits per heavy atom. The quantitative estimate of drug-likeness (QED) is 0.565. The topological polar surface area (TPSA) is 81.5 Å². The number of aryl methyl sites for hydroxylation is 1. The molecule has 3 aromatic rings. The van der Waals surface area contributed by atoms with E-state index in [1.807, 2.05) is 42.5 Å². The molecule has 1 aliphatic carbocycles. The van der Waals surface area contributed by atoms with Gasteiger partial charge in [0.05, 0.1) is 17.3 Å². The van der Waals surface area contributed by atoms with Gasteiger partial charge in [-0.2, -0.15) is 0 Å². The summed E-state index contributed by atoms with van der Waals surface area (Å²) in [5.41, 5.74) is 1.29. The highest BCUT2D eigenvalue weighted by molar-refractivity contribution is 5.94. The number of rotatable bonds is 7. The number of hydrogen-bond acceptors (Lipinski definition) is 5. The van der Waals surface area contributed by atoms with Gasteiger partial charge in [-0.25, -0.2) is 4.98 Å². The molecule has 7 heteroatoms. The fraction of sp³-hybridized carbons (Fsp3) is 0.304.